The van der Waals surface area contributed by atoms with Crippen LogP contribution < -0.4 is 9.61 Å². The third-order valence-corrected chi connectivity index (χ3v) is 8.65. The van der Waals surface area contributed by atoms with E-state index in [1.54, 1.807) is 24.3 Å². The molecule has 5 nitrogen and oxygen atoms in total. The van der Waals surface area contributed by atoms with Crippen molar-refractivity contribution < 1.29 is 18.6 Å². The fraction of sp³-hybridized carbons (Fsp3) is 0.606. The van der Waals surface area contributed by atoms with E-state index >= 15 is 0 Å². The van der Waals surface area contributed by atoms with Crippen molar-refractivity contribution in [1.82, 2.24) is 5.09 Å². The van der Waals surface area contributed by atoms with Crippen LogP contribution in [0.15, 0.2) is 60.7 Å². The molecule has 0 fully saturated rings. The molecule has 1 N–H and O–H groups in total. The summed E-state index contributed by atoms with van der Waals surface area (Å²) in [5.74, 6) is -0.101. The van der Waals surface area contributed by atoms with Gasteiger partial charge in [-0.25, -0.2) is 9.65 Å². The van der Waals surface area contributed by atoms with Crippen LogP contribution >= 0.6 is 18.1 Å². The molecule has 0 saturated carbocycles. The van der Waals surface area contributed by atoms with Gasteiger partial charge in [0.15, 0.2) is 0 Å². The van der Waals surface area contributed by atoms with E-state index in [2.05, 4.69) is 12.0 Å². The highest BCUT2D eigenvalue weighted by Gasteiger charge is 2.31. The Kier molecular flexibility index (Phi) is 18.8. The second kappa shape index (κ2) is 21.9. The fourth-order valence-electron chi connectivity index (χ4n) is 4.78. The first kappa shape index (κ1) is 34.4. The average Bonchev–Trinajstić information content (AvgIpc) is 2.95. The molecule has 2 aromatic carbocycles. The Hall–Kier alpha value is -1.81. The van der Waals surface area contributed by atoms with Crippen molar-refractivity contribution in [3.05, 3.63) is 66.2 Å². The van der Waals surface area contributed by atoms with Gasteiger partial charge in [-0.05, 0) is 30.5 Å². The number of carbonyl (C=O) groups excluding carboxylic acids is 1. The molecule has 0 radical (unpaired) electrons. The Bertz CT molecular complexity index is 944. The summed E-state index contributed by atoms with van der Waals surface area (Å²) >= 11 is 6.20. The van der Waals surface area contributed by atoms with Crippen molar-refractivity contribution in [3.63, 3.8) is 0 Å². The predicted molar refractivity (Wildman–Crippen MR) is 168 cm³/mol. The molecule has 0 amide bonds. The Morgan fingerprint density at radius 1 is 0.725 bits per heavy atom. The van der Waals surface area contributed by atoms with Crippen molar-refractivity contribution in [3.8, 4) is 5.75 Å². The topological polar surface area (TPSA) is 64.6 Å². The van der Waals surface area contributed by atoms with E-state index in [1.807, 2.05) is 36.4 Å². The second-order valence-electron chi connectivity index (χ2n) is 10.7. The lowest BCUT2D eigenvalue weighted by molar-refractivity contribution is -0.145. The minimum Gasteiger partial charge on any atom is -0.465 e. The molecule has 7 heteroatoms. The van der Waals surface area contributed by atoms with E-state index in [0.717, 1.165) is 24.8 Å². The van der Waals surface area contributed by atoms with Crippen LogP contribution in [0.2, 0.25) is 0 Å². The Morgan fingerprint density at radius 3 is 1.68 bits per heavy atom. The van der Waals surface area contributed by atoms with E-state index in [9.17, 15) is 9.36 Å². The second-order valence-corrected chi connectivity index (χ2v) is 13.5. The van der Waals surface area contributed by atoms with Crippen molar-refractivity contribution >= 4 is 24.1 Å². The quantitative estimate of drug-likeness (QED) is 0.0747. The molecule has 1 unspecified atom stereocenters. The van der Waals surface area contributed by atoms with Gasteiger partial charge < -0.3 is 9.26 Å². The number of hydrogen-bond donors (Lipinski definition) is 1. The summed E-state index contributed by atoms with van der Waals surface area (Å²) in [5.41, 5.74) is 0.913. The maximum Gasteiger partial charge on any atom is 0.409 e. The molecular weight excluding hydrogens is 541 g/mol. The van der Waals surface area contributed by atoms with E-state index in [-0.39, 0.29) is 0 Å². The fourth-order valence-corrected chi connectivity index (χ4v) is 6.39. The smallest absolute Gasteiger partial charge is 0.409 e. The molecule has 0 aliphatic rings. The molecule has 40 heavy (non-hydrogen) atoms. The normalized spacial score (nSPS) is 13.4. The van der Waals surface area contributed by atoms with Crippen LogP contribution in [0.3, 0.4) is 0 Å². The summed E-state index contributed by atoms with van der Waals surface area (Å²) in [6, 6.07) is 17.3. The number of benzene rings is 2. The number of hydrogen-bond acceptors (Lipinski definition) is 4. The predicted octanol–water partition coefficient (Wildman–Crippen LogP) is 10.4. The summed E-state index contributed by atoms with van der Waals surface area (Å²) in [4.78, 5) is 12.9. The molecule has 0 spiro atoms. The molecule has 0 saturated heterocycles. The van der Waals surface area contributed by atoms with Crippen LogP contribution in [0.5, 0.6) is 5.75 Å². The van der Waals surface area contributed by atoms with Gasteiger partial charge >= 0.3 is 12.8 Å². The molecule has 224 valence electrons. The van der Waals surface area contributed by atoms with Crippen molar-refractivity contribution in [1.29, 1.82) is 0 Å². The lowest BCUT2D eigenvalue weighted by atomic mass is 10.0. The number of halogens is 1. The molecular formula is C33H51ClNO4P. The van der Waals surface area contributed by atoms with Gasteiger partial charge in [0.2, 0.25) is 0 Å². The lowest BCUT2D eigenvalue weighted by Crippen LogP contribution is -2.38. The SMILES string of the molecule is CCCCCCCCCCCCCCCCCCOC(=O)[C@H](Cc1ccccc1)NP(=O)(Cl)Oc1ccccc1. The van der Waals surface area contributed by atoms with Gasteiger partial charge in [0.25, 0.3) is 0 Å². The monoisotopic (exact) mass is 591 g/mol. The van der Waals surface area contributed by atoms with Crippen LogP contribution in [-0.4, -0.2) is 18.6 Å². The summed E-state index contributed by atoms with van der Waals surface area (Å²) < 4.78 is 24.0. The largest absolute Gasteiger partial charge is 0.465 e. The minimum absolute atomic E-state index is 0.299. The molecule has 0 aliphatic carbocycles. The first-order valence-corrected chi connectivity index (χ1v) is 18.1. The van der Waals surface area contributed by atoms with Gasteiger partial charge in [0.1, 0.15) is 11.8 Å². The van der Waals surface area contributed by atoms with Crippen LogP contribution in [0.4, 0.5) is 0 Å². The lowest BCUT2D eigenvalue weighted by Gasteiger charge is -2.21. The highest BCUT2D eigenvalue weighted by atomic mass is 35.7. The Labute approximate surface area is 248 Å². The van der Waals surface area contributed by atoms with E-state index < -0.39 is 18.9 Å². The Balaban J connectivity index is 1.59. The number of para-hydroxylation sites is 1. The molecule has 2 atom stereocenters. The van der Waals surface area contributed by atoms with Crippen LogP contribution in [0, 0.1) is 0 Å². The van der Waals surface area contributed by atoms with Crippen molar-refractivity contribution in [2.75, 3.05) is 6.61 Å². The Morgan fingerprint density at radius 2 is 1.18 bits per heavy atom. The summed E-state index contributed by atoms with van der Waals surface area (Å²) in [6.07, 6.45) is 21.0. The van der Waals surface area contributed by atoms with Crippen LogP contribution in [-0.2, 0) is 20.5 Å². The zero-order chi connectivity index (χ0) is 28.7. The zero-order valence-corrected chi connectivity index (χ0v) is 26.2. The van der Waals surface area contributed by atoms with Crippen molar-refractivity contribution in [2.24, 2.45) is 0 Å². The molecule has 0 aromatic heterocycles. The molecule has 0 heterocycles. The third-order valence-electron chi connectivity index (χ3n) is 7.09. The first-order chi connectivity index (χ1) is 19.5. The molecule has 0 aliphatic heterocycles. The van der Waals surface area contributed by atoms with E-state index in [0.29, 0.717) is 18.8 Å². The summed E-state index contributed by atoms with van der Waals surface area (Å²) in [7, 11) is 0. The van der Waals surface area contributed by atoms with Gasteiger partial charge in [-0.2, -0.15) is 0 Å². The number of rotatable bonds is 24. The zero-order valence-electron chi connectivity index (χ0n) is 24.5. The van der Waals surface area contributed by atoms with Crippen LogP contribution in [0.1, 0.15) is 115 Å². The molecule has 2 aromatic rings. The summed E-state index contributed by atoms with van der Waals surface area (Å²) in [5, 5.41) is 2.72. The van der Waals surface area contributed by atoms with E-state index in [4.69, 9.17) is 20.5 Å². The van der Waals surface area contributed by atoms with Crippen molar-refractivity contribution in [2.45, 2.75) is 122 Å². The van der Waals surface area contributed by atoms with Gasteiger partial charge in [0.05, 0.1) is 6.61 Å². The highest BCUT2D eigenvalue weighted by molar-refractivity contribution is 7.84. The van der Waals surface area contributed by atoms with Gasteiger partial charge in [-0.15, -0.1) is 0 Å². The number of esters is 1. The van der Waals surface area contributed by atoms with Crippen LogP contribution in [0.25, 0.3) is 0 Å². The van der Waals surface area contributed by atoms with Gasteiger partial charge in [-0.1, -0.05) is 152 Å². The van der Waals surface area contributed by atoms with Gasteiger partial charge in [0, 0.05) is 11.2 Å². The average molecular weight is 592 g/mol. The number of ether oxygens (including phenoxy) is 1. The number of carbonyl (C=O) groups is 1. The minimum atomic E-state index is -3.82. The first-order valence-electron chi connectivity index (χ1n) is 15.5. The molecule has 2 rings (SSSR count). The highest BCUT2D eigenvalue weighted by Crippen LogP contribution is 2.48. The maximum absolute atomic E-state index is 12.9. The standard InChI is InChI=1S/C33H51ClNO4P/c1-2-3-4-5-6-7-8-9-10-11-12-13-14-15-16-23-28-38-33(36)32(29-30-24-19-17-20-25-30)35-40(34,37)39-31-26-21-18-22-27-31/h17-22,24-27,32H,2-16,23,28-29H2,1H3,(H,35,37)/t32-,40?/m0/s1. The summed E-state index contributed by atoms with van der Waals surface area (Å²) in [6.45, 7) is -1.20. The van der Waals surface area contributed by atoms with Gasteiger partial charge in [-0.3, -0.25) is 4.79 Å². The van der Waals surface area contributed by atoms with E-state index in [1.165, 1.54) is 83.5 Å². The number of nitrogens with one attached hydrogen (secondary N) is 1. The number of unbranched alkanes of at least 4 members (excludes halogenated alkanes) is 15. The third kappa shape index (κ3) is 17.1. The maximum atomic E-state index is 12.9. The molecule has 0 bridgehead atoms.